The van der Waals surface area contributed by atoms with Crippen LogP contribution in [0.4, 0.5) is 0 Å². The molecule has 0 aliphatic heterocycles. The van der Waals surface area contributed by atoms with Crippen LogP contribution < -0.4 is 0 Å². The van der Waals surface area contributed by atoms with Crippen LogP contribution in [-0.4, -0.2) is 15.0 Å². The summed E-state index contributed by atoms with van der Waals surface area (Å²) < 4.78 is 0. The van der Waals surface area contributed by atoms with Gasteiger partial charge in [-0.1, -0.05) is 146 Å². The van der Waals surface area contributed by atoms with E-state index < -0.39 is 0 Å². The Morgan fingerprint density at radius 3 is 1.72 bits per heavy atom. The Morgan fingerprint density at radius 2 is 1.00 bits per heavy atom. The zero-order chi connectivity index (χ0) is 31.1. The third-order valence-electron chi connectivity index (χ3n) is 7.95. The van der Waals surface area contributed by atoms with Gasteiger partial charge in [0.2, 0.25) is 0 Å². The van der Waals surface area contributed by atoms with Crippen LogP contribution in [0.5, 0.6) is 0 Å². The van der Waals surface area contributed by atoms with Gasteiger partial charge in [0, 0.05) is 34.6 Å². The third-order valence-corrected chi connectivity index (χ3v) is 7.95. The molecule has 0 radical (unpaired) electrons. The maximum atomic E-state index is 5.10. The zero-order valence-corrected chi connectivity index (χ0v) is 25.3. The van der Waals surface area contributed by atoms with Gasteiger partial charge < -0.3 is 0 Å². The highest BCUT2D eigenvalue weighted by molar-refractivity contribution is 5.77. The van der Waals surface area contributed by atoms with Crippen molar-refractivity contribution < 1.29 is 0 Å². The molecule has 0 aliphatic rings. The van der Waals surface area contributed by atoms with Crippen molar-refractivity contribution in [2.75, 3.05) is 0 Å². The van der Waals surface area contributed by atoms with Gasteiger partial charge in [0.05, 0.1) is 11.4 Å². The third kappa shape index (κ3) is 6.35. The Hall–Kier alpha value is -6.19. The highest BCUT2D eigenvalue weighted by Crippen LogP contribution is 2.32. The highest BCUT2D eigenvalue weighted by Gasteiger charge is 2.12. The number of hydrogen-bond acceptors (Lipinski definition) is 3. The van der Waals surface area contributed by atoms with Crippen LogP contribution in [0.25, 0.3) is 73.4 Å². The van der Waals surface area contributed by atoms with Crippen LogP contribution in [0.1, 0.15) is 5.56 Å². The summed E-state index contributed by atoms with van der Waals surface area (Å²) in [5, 5.41) is 0. The molecule has 0 fully saturated rings. The van der Waals surface area contributed by atoms with Crippen LogP contribution in [0.15, 0.2) is 177 Å². The Labute approximate surface area is 270 Å². The fourth-order valence-electron chi connectivity index (χ4n) is 5.54. The summed E-state index contributed by atoms with van der Waals surface area (Å²) in [6, 6.07) is 50.5. The van der Waals surface area contributed by atoms with E-state index in [4.69, 9.17) is 9.97 Å². The first kappa shape index (κ1) is 28.6. The fourth-order valence-corrected chi connectivity index (χ4v) is 5.54. The number of nitrogens with zero attached hydrogens (tertiary/aromatic N) is 3. The molecule has 218 valence electrons. The Bertz CT molecular complexity index is 2130. The summed E-state index contributed by atoms with van der Waals surface area (Å²) >= 11 is 0. The lowest BCUT2D eigenvalue weighted by molar-refractivity contribution is 1.18. The van der Waals surface area contributed by atoms with Crippen molar-refractivity contribution in [1.82, 2.24) is 15.0 Å². The standard InChI is InChI=1S/C43H31N3/c1-2-3-10-31-11-7-14-37(27-31)34-20-24-36(25-21-34)43-45-41(35-22-18-33(19-23-35)32-12-5-4-6-13-32)29-42(46-43)39-16-8-15-38(28-39)40-17-9-26-44-30-40/h2-30H,1H2/b10-3-. The Kier molecular flexibility index (Phi) is 8.20. The molecule has 0 saturated carbocycles. The van der Waals surface area contributed by atoms with Gasteiger partial charge in [-0.05, 0) is 57.6 Å². The monoisotopic (exact) mass is 589 g/mol. The topological polar surface area (TPSA) is 38.7 Å². The van der Waals surface area contributed by atoms with Gasteiger partial charge in [0.25, 0.3) is 0 Å². The van der Waals surface area contributed by atoms with Crippen molar-refractivity contribution in [1.29, 1.82) is 0 Å². The minimum atomic E-state index is 0.681. The van der Waals surface area contributed by atoms with Crippen LogP contribution in [0.2, 0.25) is 0 Å². The molecule has 0 atom stereocenters. The molecular weight excluding hydrogens is 558 g/mol. The summed E-state index contributed by atoms with van der Waals surface area (Å²) in [6.45, 7) is 3.78. The first-order chi connectivity index (χ1) is 22.7. The van der Waals surface area contributed by atoms with Crippen LogP contribution in [-0.2, 0) is 0 Å². The van der Waals surface area contributed by atoms with E-state index in [1.165, 1.54) is 11.1 Å². The van der Waals surface area contributed by atoms with Crippen molar-refractivity contribution >= 4 is 6.08 Å². The average Bonchev–Trinajstić information content (AvgIpc) is 3.15. The first-order valence-electron chi connectivity index (χ1n) is 15.3. The summed E-state index contributed by atoms with van der Waals surface area (Å²) in [7, 11) is 0. The lowest BCUT2D eigenvalue weighted by atomic mass is 9.99. The molecule has 2 aromatic heterocycles. The summed E-state index contributed by atoms with van der Waals surface area (Å²) in [5.41, 5.74) is 12.7. The van der Waals surface area contributed by atoms with Crippen molar-refractivity contribution in [3.05, 3.63) is 182 Å². The van der Waals surface area contributed by atoms with E-state index in [9.17, 15) is 0 Å². The maximum absolute atomic E-state index is 5.10. The SMILES string of the molecule is C=C/C=C\c1cccc(-c2ccc(-c3nc(-c4ccc(-c5ccccc5)cc4)cc(-c4cccc(-c5cccnc5)c4)n3)cc2)c1. The summed E-state index contributed by atoms with van der Waals surface area (Å²) in [6.07, 6.45) is 9.47. The van der Waals surface area contributed by atoms with Gasteiger partial charge in [0.15, 0.2) is 5.82 Å². The minimum Gasteiger partial charge on any atom is -0.264 e. The number of rotatable bonds is 8. The van der Waals surface area contributed by atoms with Gasteiger partial charge >= 0.3 is 0 Å². The van der Waals surface area contributed by atoms with E-state index >= 15 is 0 Å². The van der Waals surface area contributed by atoms with Gasteiger partial charge in [-0.25, -0.2) is 9.97 Å². The largest absolute Gasteiger partial charge is 0.264 e. The molecule has 0 amide bonds. The predicted molar refractivity (Wildman–Crippen MR) is 192 cm³/mol. The average molecular weight is 590 g/mol. The molecule has 0 N–H and O–H groups in total. The van der Waals surface area contributed by atoms with Gasteiger partial charge in [-0.15, -0.1) is 0 Å². The lowest BCUT2D eigenvalue weighted by Gasteiger charge is -2.12. The van der Waals surface area contributed by atoms with Gasteiger partial charge in [0.1, 0.15) is 0 Å². The second-order valence-electron chi connectivity index (χ2n) is 11.0. The van der Waals surface area contributed by atoms with Crippen LogP contribution in [0, 0.1) is 0 Å². The molecule has 0 unspecified atom stereocenters. The summed E-state index contributed by atoms with van der Waals surface area (Å²) in [5.74, 6) is 0.681. The molecule has 0 aliphatic carbocycles. The molecule has 5 aromatic carbocycles. The van der Waals surface area contributed by atoms with E-state index in [1.54, 1.807) is 12.3 Å². The van der Waals surface area contributed by atoms with E-state index in [2.05, 4.69) is 151 Å². The molecule has 0 saturated heterocycles. The number of hydrogen-bond donors (Lipinski definition) is 0. The van der Waals surface area contributed by atoms with Crippen molar-refractivity contribution in [3.8, 4) is 67.3 Å². The van der Waals surface area contributed by atoms with Crippen LogP contribution >= 0.6 is 0 Å². The van der Waals surface area contributed by atoms with Crippen molar-refractivity contribution in [2.24, 2.45) is 0 Å². The maximum Gasteiger partial charge on any atom is 0.160 e. The molecule has 7 rings (SSSR count). The predicted octanol–water partition coefficient (Wildman–Crippen LogP) is 11.1. The molecule has 3 heteroatoms. The van der Waals surface area contributed by atoms with E-state index in [-0.39, 0.29) is 0 Å². The number of allylic oxidation sites excluding steroid dienone is 2. The second kappa shape index (κ2) is 13.2. The van der Waals surface area contributed by atoms with Crippen molar-refractivity contribution in [3.63, 3.8) is 0 Å². The molecule has 0 bridgehead atoms. The Morgan fingerprint density at radius 1 is 0.435 bits per heavy atom. The molecule has 46 heavy (non-hydrogen) atoms. The lowest BCUT2D eigenvalue weighted by Crippen LogP contribution is -1.96. The number of benzene rings is 5. The minimum absolute atomic E-state index is 0.681. The summed E-state index contributed by atoms with van der Waals surface area (Å²) in [4.78, 5) is 14.5. The normalized spacial score (nSPS) is 11.0. The smallest absolute Gasteiger partial charge is 0.160 e. The highest BCUT2D eigenvalue weighted by atomic mass is 14.9. The molecular formula is C43H31N3. The van der Waals surface area contributed by atoms with E-state index in [1.807, 2.05) is 24.4 Å². The molecule has 7 aromatic rings. The van der Waals surface area contributed by atoms with Gasteiger partial charge in [-0.2, -0.15) is 0 Å². The molecule has 0 spiro atoms. The van der Waals surface area contributed by atoms with E-state index in [0.717, 1.165) is 55.9 Å². The number of aromatic nitrogens is 3. The molecule has 3 nitrogen and oxygen atoms in total. The zero-order valence-electron chi connectivity index (χ0n) is 25.3. The van der Waals surface area contributed by atoms with Crippen LogP contribution in [0.3, 0.4) is 0 Å². The Balaban J connectivity index is 1.29. The fraction of sp³-hybridized carbons (Fsp3) is 0. The van der Waals surface area contributed by atoms with Gasteiger partial charge in [-0.3, -0.25) is 4.98 Å². The van der Waals surface area contributed by atoms with Crippen molar-refractivity contribution in [2.45, 2.75) is 0 Å². The second-order valence-corrected chi connectivity index (χ2v) is 11.0. The first-order valence-corrected chi connectivity index (χ1v) is 15.3. The quantitative estimate of drug-likeness (QED) is 0.166. The van der Waals surface area contributed by atoms with E-state index in [0.29, 0.717) is 5.82 Å². The number of pyridine rings is 1. The molecule has 2 heterocycles.